The number of nitro groups is 1. The summed E-state index contributed by atoms with van der Waals surface area (Å²) in [5.41, 5.74) is 1.23. The van der Waals surface area contributed by atoms with Crippen LogP contribution in [-0.2, 0) is 4.79 Å². The number of hydrogen-bond donors (Lipinski definition) is 1. The largest absolute Gasteiger partial charge is 0.474 e. The minimum atomic E-state index is -0.908. The Morgan fingerprint density at radius 3 is 2.70 bits per heavy atom. The summed E-state index contributed by atoms with van der Waals surface area (Å²) in [5.74, 6) is -0.378. The number of rotatable bonds is 5. The van der Waals surface area contributed by atoms with Crippen molar-refractivity contribution in [1.29, 1.82) is 0 Å². The van der Waals surface area contributed by atoms with Gasteiger partial charge in [-0.05, 0) is 37.6 Å². The van der Waals surface area contributed by atoms with Crippen LogP contribution in [0.25, 0.3) is 0 Å². The van der Waals surface area contributed by atoms with Crippen molar-refractivity contribution in [3.63, 3.8) is 0 Å². The lowest BCUT2D eigenvalue weighted by molar-refractivity contribution is -0.386. The number of carbonyl (C=O) groups excluding carboxylic acids is 1. The molecule has 1 amide bonds. The molecule has 0 bridgehead atoms. The van der Waals surface area contributed by atoms with Crippen LogP contribution in [0.15, 0.2) is 42.5 Å². The molecule has 1 N–H and O–H groups in total. The van der Waals surface area contributed by atoms with Crippen molar-refractivity contribution in [2.45, 2.75) is 20.0 Å². The summed E-state index contributed by atoms with van der Waals surface area (Å²) in [6.07, 6.45) is -0.908. The van der Waals surface area contributed by atoms with Gasteiger partial charge in [-0.3, -0.25) is 14.9 Å². The number of para-hydroxylation sites is 2. The number of ether oxygens (including phenoxy) is 1. The first-order chi connectivity index (χ1) is 10.9. The standard InChI is InChI=1S/C16H15ClN2O4/c1-10-7-8-12(17)9-13(10)18-16(20)11(2)23-15-6-4-3-5-14(15)19(21)22/h3-9,11H,1-2H3,(H,18,20)/t11-/m1/s1. The summed E-state index contributed by atoms with van der Waals surface area (Å²) < 4.78 is 5.42. The maximum absolute atomic E-state index is 12.2. The van der Waals surface area contributed by atoms with Gasteiger partial charge in [-0.25, -0.2) is 0 Å². The van der Waals surface area contributed by atoms with Crippen LogP contribution < -0.4 is 10.1 Å². The molecule has 0 aliphatic heterocycles. The maximum atomic E-state index is 12.2. The summed E-state index contributed by atoms with van der Waals surface area (Å²) in [6, 6.07) is 11.0. The molecule has 0 aliphatic rings. The predicted octanol–water partition coefficient (Wildman–Crippen LogP) is 3.96. The third-order valence-corrected chi connectivity index (χ3v) is 3.43. The van der Waals surface area contributed by atoms with E-state index in [0.29, 0.717) is 10.7 Å². The van der Waals surface area contributed by atoms with E-state index in [9.17, 15) is 14.9 Å². The first kappa shape index (κ1) is 16.8. The number of anilines is 1. The van der Waals surface area contributed by atoms with Crippen LogP contribution in [0.3, 0.4) is 0 Å². The number of carbonyl (C=O) groups is 1. The lowest BCUT2D eigenvalue weighted by Gasteiger charge is -2.15. The normalized spacial score (nSPS) is 11.6. The molecular formula is C16H15ClN2O4. The Kier molecular flexibility index (Phi) is 5.18. The molecule has 0 fully saturated rings. The first-order valence-electron chi connectivity index (χ1n) is 6.85. The molecule has 7 heteroatoms. The van der Waals surface area contributed by atoms with Gasteiger partial charge in [0.2, 0.25) is 0 Å². The summed E-state index contributed by atoms with van der Waals surface area (Å²) >= 11 is 5.91. The molecule has 6 nitrogen and oxygen atoms in total. The molecule has 120 valence electrons. The molecule has 2 rings (SSSR count). The molecule has 0 aromatic heterocycles. The lowest BCUT2D eigenvalue weighted by Crippen LogP contribution is -2.30. The SMILES string of the molecule is Cc1ccc(Cl)cc1NC(=O)[C@@H](C)Oc1ccccc1[N+](=O)[O-]. The Bertz CT molecular complexity index is 749. The zero-order valence-electron chi connectivity index (χ0n) is 12.6. The molecule has 2 aromatic rings. The highest BCUT2D eigenvalue weighted by Crippen LogP contribution is 2.27. The van der Waals surface area contributed by atoms with Crippen molar-refractivity contribution in [3.05, 3.63) is 63.2 Å². The van der Waals surface area contributed by atoms with E-state index in [2.05, 4.69) is 5.32 Å². The monoisotopic (exact) mass is 334 g/mol. The number of hydrogen-bond acceptors (Lipinski definition) is 4. The molecule has 0 saturated carbocycles. The zero-order valence-corrected chi connectivity index (χ0v) is 13.3. The van der Waals surface area contributed by atoms with E-state index in [-0.39, 0.29) is 11.4 Å². The summed E-state index contributed by atoms with van der Waals surface area (Å²) in [4.78, 5) is 22.6. The third kappa shape index (κ3) is 4.20. The highest BCUT2D eigenvalue weighted by molar-refractivity contribution is 6.31. The van der Waals surface area contributed by atoms with Crippen molar-refractivity contribution in [2.24, 2.45) is 0 Å². The lowest BCUT2D eigenvalue weighted by atomic mass is 10.2. The van der Waals surface area contributed by atoms with Crippen LogP contribution in [0.5, 0.6) is 5.75 Å². The first-order valence-corrected chi connectivity index (χ1v) is 7.23. The smallest absolute Gasteiger partial charge is 0.310 e. The predicted molar refractivity (Wildman–Crippen MR) is 88.0 cm³/mol. The summed E-state index contributed by atoms with van der Waals surface area (Å²) in [5, 5.41) is 14.2. The Hall–Kier alpha value is -2.60. The van der Waals surface area contributed by atoms with E-state index < -0.39 is 16.9 Å². The van der Waals surface area contributed by atoms with Gasteiger partial charge < -0.3 is 10.1 Å². The Morgan fingerprint density at radius 1 is 1.30 bits per heavy atom. The number of halogens is 1. The van der Waals surface area contributed by atoms with Crippen molar-refractivity contribution in [3.8, 4) is 5.75 Å². The number of aryl methyl sites for hydroxylation is 1. The summed E-state index contributed by atoms with van der Waals surface area (Å²) in [6.45, 7) is 3.35. The van der Waals surface area contributed by atoms with Gasteiger partial charge in [0, 0.05) is 16.8 Å². The van der Waals surface area contributed by atoms with Crippen molar-refractivity contribution < 1.29 is 14.5 Å². The van der Waals surface area contributed by atoms with Crippen molar-refractivity contribution in [2.75, 3.05) is 5.32 Å². The van der Waals surface area contributed by atoms with Crippen LogP contribution in [0.4, 0.5) is 11.4 Å². The van der Waals surface area contributed by atoms with Gasteiger partial charge in [-0.15, -0.1) is 0 Å². The van der Waals surface area contributed by atoms with Gasteiger partial charge >= 0.3 is 5.69 Å². The molecular weight excluding hydrogens is 320 g/mol. The number of nitro benzene ring substituents is 1. The van der Waals surface area contributed by atoms with Gasteiger partial charge in [0.05, 0.1) is 4.92 Å². The molecule has 0 spiro atoms. The van der Waals surface area contributed by atoms with Gasteiger partial charge in [0.1, 0.15) is 0 Å². The van der Waals surface area contributed by atoms with Crippen molar-refractivity contribution >= 4 is 28.9 Å². The second-order valence-corrected chi connectivity index (χ2v) is 5.37. The van der Waals surface area contributed by atoms with Crippen LogP contribution in [0.2, 0.25) is 5.02 Å². The number of amides is 1. The van der Waals surface area contributed by atoms with Crippen LogP contribution >= 0.6 is 11.6 Å². The number of benzene rings is 2. The average molecular weight is 335 g/mol. The van der Waals surface area contributed by atoms with Gasteiger partial charge in [-0.1, -0.05) is 29.8 Å². The molecule has 0 radical (unpaired) electrons. The highest BCUT2D eigenvalue weighted by atomic mass is 35.5. The maximum Gasteiger partial charge on any atom is 0.310 e. The number of nitrogens with one attached hydrogen (secondary N) is 1. The Labute approximate surface area is 138 Å². The van der Waals surface area contributed by atoms with Crippen LogP contribution in [-0.4, -0.2) is 16.9 Å². The second kappa shape index (κ2) is 7.11. The van der Waals surface area contributed by atoms with E-state index in [1.54, 1.807) is 24.3 Å². The van der Waals surface area contributed by atoms with E-state index in [4.69, 9.17) is 16.3 Å². The average Bonchev–Trinajstić information content (AvgIpc) is 2.51. The molecule has 0 saturated heterocycles. The van der Waals surface area contributed by atoms with E-state index in [1.807, 2.05) is 6.92 Å². The van der Waals surface area contributed by atoms with E-state index in [1.165, 1.54) is 25.1 Å². The fraction of sp³-hybridized carbons (Fsp3) is 0.188. The molecule has 0 heterocycles. The molecule has 23 heavy (non-hydrogen) atoms. The minimum Gasteiger partial charge on any atom is -0.474 e. The fourth-order valence-corrected chi connectivity index (χ4v) is 2.09. The molecule has 0 unspecified atom stereocenters. The summed E-state index contributed by atoms with van der Waals surface area (Å²) in [7, 11) is 0. The molecule has 0 aliphatic carbocycles. The van der Waals surface area contributed by atoms with Gasteiger partial charge in [-0.2, -0.15) is 0 Å². The number of nitrogens with zero attached hydrogens (tertiary/aromatic N) is 1. The van der Waals surface area contributed by atoms with Crippen molar-refractivity contribution in [1.82, 2.24) is 0 Å². The highest BCUT2D eigenvalue weighted by Gasteiger charge is 2.21. The topological polar surface area (TPSA) is 81.5 Å². The quantitative estimate of drug-likeness (QED) is 0.662. The third-order valence-electron chi connectivity index (χ3n) is 3.19. The van der Waals surface area contributed by atoms with Gasteiger partial charge in [0.15, 0.2) is 11.9 Å². The molecule has 2 aromatic carbocycles. The molecule has 1 atom stereocenters. The van der Waals surface area contributed by atoms with Crippen LogP contribution in [0.1, 0.15) is 12.5 Å². The Balaban J connectivity index is 2.12. The Morgan fingerprint density at radius 2 is 2.00 bits per heavy atom. The van der Waals surface area contributed by atoms with Crippen LogP contribution in [0, 0.1) is 17.0 Å². The van der Waals surface area contributed by atoms with Gasteiger partial charge in [0.25, 0.3) is 5.91 Å². The van der Waals surface area contributed by atoms with E-state index >= 15 is 0 Å². The fourth-order valence-electron chi connectivity index (χ4n) is 1.91. The second-order valence-electron chi connectivity index (χ2n) is 4.93. The zero-order chi connectivity index (χ0) is 17.0. The minimum absolute atomic E-state index is 0.0444. The van der Waals surface area contributed by atoms with E-state index in [0.717, 1.165) is 5.56 Å².